The van der Waals surface area contributed by atoms with Crippen LogP contribution < -0.4 is 4.90 Å². The Morgan fingerprint density at radius 2 is 2.21 bits per heavy atom. The summed E-state index contributed by atoms with van der Waals surface area (Å²) in [7, 11) is 1.91. The van der Waals surface area contributed by atoms with Gasteiger partial charge in [-0.3, -0.25) is 9.78 Å². The third kappa shape index (κ3) is 3.91. The topological polar surface area (TPSA) is 49.3 Å². The number of nitrogens with zero attached hydrogens (tertiary/aromatic N) is 4. The lowest BCUT2D eigenvalue weighted by molar-refractivity contribution is -0.131. The van der Waals surface area contributed by atoms with E-state index in [1.807, 2.05) is 49.2 Å². The molecule has 0 bridgehead atoms. The van der Waals surface area contributed by atoms with Crippen molar-refractivity contribution >= 4 is 11.7 Å². The Kier molecular flexibility index (Phi) is 5.08. The van der Waals surface area contributed by atoms with E-state index in [0.717, 1.165) is 43.0 Å². The zero-order valence-electron chi connectivity index (χ0n) is 14.4. The van der Waals surface area contributed by atoms with Gasteiger partial charge in [-0.05, 0) is 43.5 Å². The Morgan fingerprint density at radius 1 is 1.33 bits per heavy atom. The highest BCUT2D eigenvalue weighted by Crippen LogP contribution is 2.21. The monoisotopic (exact) mass is 324 g/mol. The average Bonchev–Trinajstić information content (AvgIpc) is 2.62. The molecule has 1 amide bonds. The smallest absolute Gasteiger partial charge is 0.227 e. The van der Waals surface area contributed by atoms with E-state index < -0.39 is 0 Å². The maximum Gasteiger partial charge on any atom is 0.227 e. The minimum atomic E-state index is 0.145. The third-order valence-corrected chi connectivity index (χ3v) is 4.61. The first kappa shape index (κ1) is 16.4. The molecule has 0 radical (unpaired) electrons. The molecule has 24 heavy (non-hydrogen) atoms. The summed E-state index contributed by atoms with van der Waals surface area (Å²) in [4.78, 5) is 25.5. The maximum atomic E-state index is 12.6. The highest BCUT2D eigenvalue weighted by atomic mass is 16.2. The molecule has 1 aliphatic heterocycles. The number of likely N-dealkylation sites (N-methyl/N-ethyl adjacent to an activating group) is 1. The minimum absolute atomic E-state index is 0.145. The Bertz CT molecular complexity index is 689. The lowest BCUT2D eigenvalue weighted by Gasteiger charge is -2.38. The predicted octanol–water partition coefficient (Wildman–Crippen LogP) is 2.45. The zero-order valence-corrected chi connectivity index (χ0v) is 14.4. The second-order valence-corrected chi connectivity index (χ2v) is 6.42. The number of pyridine rings is 2. The summed E-state index contributed by atoms with van der Waals surface area (Å²) >= 11 is 0. The van der Waals surface area contributed by atoms with Crippen LogP contribution in [0.3, 0.4) is 0 Å². The molecule has 0 spiro atoms. The van der Waals surface area contributed by atoms with E-state index >= 15 is 0 Å². The van der Waals surface area contributed by atoms with Crippen LogP contribution in [0.4, 0.5) is 5.82 Å². The van der Waals surface area contributed by atoms with Gasteiger partial charge in [-0.1, -0.05) is 12.1 Å². The van der Waals surface area contributed by atoms with Crippen LogP contribution in [0.1, 0.15) is 24.1 Å². The lowest BCUT2D eigenvalue weighted by atomic mass is 10.0. The first-order valence-corrected chi connectivity index (χ1v) is 8.46. The standard InChI is InChI=1S/C19H24N4O/c1-15-6-3-9-18(21-15)23-11-5-8-17(14-23)22(2)19(24)12-16-7-4-10-20-13-16/h3-4,6-7,9-10,13,17H,5,8,11-12,14H2,1-2H3. The molecule has 0 aliphatic carbocycles. The summed E-state index contributed by atoms with van der Waals surface area (Å²) in [6, 6.07) is 10.1. The summed E-state index contributed by atoms with van der Waals surface area (Å²) < 4.78 is 0. The van der Waals surface area contributed by atoms with Gasteiger partial charge in [0, 0.05) is 44.3 Å². The van der Waals surface area contributed by atoms with E-state index in [1.54, 1.807) is 12.4 Å². The van der Waals surface area contributed by atoms with Gasteiger partial charge in [0.25, 0.3) is 0 Å². The highest BCUT2D eigenvalue weighted by molar-refractivity contribution is 5.78. The quantitative estimate of drug-likeness (QED) is 0.867. The van der Waals surface area contributed by atoms with Gasteiger partial charge in [0.2, 0.25) is 5.91 Å². The highest BCUT2D eigenvalue weighted by Gasteiger charge is 2.26. The molecular formula is C19H24N4O. The van der Waals surface area contributed by atoms with Crippen molar-refractivity contribution in [2.75, 3.05) is 25.0 Å². The number of aromatic nitrogens is 2. The van der Waals surface area contributed by atoms with Gasteiger partial charge >= 0.3 is 0 Å². The van der Waals surface area contributed by atoms with Crippen molar-refractivity contribution in [1.82, 2.24) is 14.9 Å². The molecule has 1 unspecified atom stereocenters. The molecule has 0 N–H and O–H groups in total. The molecule has 1 aliphatic rings. The molecule has 3 heterocycles. The van der Waals surface area contributed by atoms with E-state index in [9.17, 15) is 4.79 Å². The van der Waals surface area contributed by atoms with Crippen molar-refractivity contribution in [1.29, 1.82) is 0 Å². The first-order chi connectivity index (χ1) is 11.6. The van der Waals surface area contributed by atoms with Crippen molar-refractivity contribution in [2.24, 2.45) is 0 Å². The minimum Gasteiger partial charge on any atom is -0.355 e. The number of carbonyl (C=O) groups is 1. The Morgan fingerprint density at radius 3 is 2.96 bits per heavy atom. The van der Waals surface area contributed by atoms with Crippen molar-refractivity contribution < 1.29 is 4.79 Å². The number of piperidine rings is 1. The van der Waals surface area contributed by atoms with Crippen LogP contribution in [0.15, 0.2) is 42.7 Å². The van der Waals surface area contributed by atoms with Crippen molar-refractivity contribution in [3.8, 4) is 0 Å². The van der Waals surface area contributed by atoms with Gasteiger partial charge in [-0.25, -0.2) is 4.98 Å². The number of amides is 1. The Balaban J connectivity index is 1.64. The molecule has 5 nitrogen and oxygen atoms in total. The molecule has 1 saturated heterocycles. The molecule has 126 valence electrons. The lowest BCUT2D eigenvalue weighted by Crippen LogP contribution is -2.49. The zero-order chi connectivity index (χ0) is 16.9. The van der Waals surface area contributed by atoms with E-state index in [0.29, 0.717) is 6.42 Å². The fraction of sp³-hybridized carbons (Fsp3) is 0.421. The van der Waals surface area contributed by atoms with Gasteiger partial charge < -0.3 is 9.80 Å². The van der Waals surface area contributed by atoms with E-state index in [4.69, 9.17) is 0 Å². The van der Waals surface area contributed by atoms with Crippen LogP contribution in [0.25, 0.3) is 0 Å². The van der Waals surface area contributed by atoms with E-state index in [2.05, 4.69) is 14.9 Å². The van der Waals surface area contributed by atoms with Crippen LogP contribution in [-0.2, 0) is 11.2 Å². The SMILES string of the molecule is Cc1cccc(N2CCCC(N(C)C(=O)Cc3cccnc3)C2)n1. The molecule has 0 aromatic carbocycles. The van der Waals surface area contributed by atoms with Gasteiger partial charge in [-0.15, -0.1) is 0 Å². The van der Waals surface area contributed by atoms with Gasteiger partial charge in [0.05, 0.1) is 6.42 Å². The Labute approximate surface area is 143 Å². The van der Waals surface area contributed by atoms with Crippen molar-refractivity contribution in [2.45, 2.75) is 32.2 Å². The molecule has 0 saturated carbocycles. The van der Waals surface area contributed by atoms with Crippen LogP contribution in [0, 0.1) is 6.92 Å². The van der Waals surface area contributed by atoms with Crippen LogP contribution >= 0.6 is 0 Å². The van der Waals surface area contributed by atoms with Gasteiger partial charge in [0.15, 0.2) is 0 Å². The summed E-state index contributed by atoms with van der Waals surface area (Å²) in [5.41, 5.74) is 1.98. The molecule has 2 aromatic heterocycles. The maximum absolute atomic E-state index is 12.6. The second kappa shape index (κ2) is 7.43. The number of carbonyl (C=O) groups excluding carboxylic acids is 1. The molecule has 1 atom stereocenters. The number of rotatable bonds is 4. The summed E-state index contributed by atoms with van der Waals surface area (Å²) in [5.74, 6) is 1.15. The largest absolute Gasteiger partial charge is 0.355 e. The number of anilines is 1. The average molecular weight is 324 g/mol. The third-order valence-electron chi connectivity index (χ3n) is 4.61. The van der Waals surface area contributed by atoms with Crippen LogP contribution in [0.5, 0.6) is 0 Å². The fourth-order valence-electron chi connectivity index (χ4n) is 3.19. The molecule has 5 heteroatoms. The Hall–Kier alpha value is -2.43. The van der Waals surface area contributed by atoms with Crippen LogP contribution in [0.2, 0.25) is 0 Å². The van der Waals surface area contributed by atoms with Crippen molar-refractivity contribution in [3.63, 3.8) is 0 Å². The number of hydrogen-bond acceptors (Lipinski definition) is 4. The summed E-state index contributed by atoms with van der Waals surface area (Å²) in [5, 5.41) is 0. The van der Waals surface area contributed by atoms with E-state index in [-0.39, 0.29) is 11.9 Å². The predicted molar refractivity (Wildman–Crippen MR) is 94.9 cm³/mol. The summed E-state index contributed by atoms with van der Waals surface area (Å²) in [6.45, 7) is 3.85. The molecule has 3 rings (SSSR count). The van der Waals surface area contributed by atoms with Crippen LogP contribution in [-0.4, -0.2) is 47.0 Å². The van der Waals surface area contributed by atoms with Gasteiger partial charge in [-0.2, -0.15) is 0 Å². The second-order valence-electron chi connectivity index (χ2n) is 6.42. The normalized spacial score (nSPS) is 17.6. The number of aryl methyl sites for hydroxylation is 1. The number of hydrogen-bond donors (Lipinski definition) is 0. The molecule has 1 fully saturated rings. The molecule has 2 aromatic rings. The summed E-state index contributed by atoms with van der Waals surface area (Å²) in [6.07, 6.45) is 6.01. The molecular weight excluding hydrogens is 300 g/mol. The van der Waals surface area contributed by atoms with Gasteiger partial charge in [0.1, 0.15) is 5.82 Å². The fourth-order valence-corrected chi connectivity index (χ4v) is 3.19. The first-order valence-electron chi connectivity index (χ1n) is 8.46. The van der Waals surface area contributed by atoms with Crippen molar-refractivity contribution in [3.05, 3.63) is 54.0 Å². The van der Waals surface area contributed by atoms with E-state index in [1.165, 1.54) is 0 Å².